The van der Waals surface area contributed by atoms with Crippen LogP contribution in [-0.4, -0.2) is 140 Å². The molecule has 0 saturated heterocycles. The number of hydrogen-bond donors (Lipinski definition) is 11. The first-order valence-corrected chi connectivity index (χ1v) is 62.2. The number of hydrogen-bond acceptors (Lipinski definition) is 14. The average Bonchev–Trinajstić information content (AvgIpc) is 1.64. The number of rotatable bonds is 25. The van der Waals surface area contributed by atoms with Crippen molar-refractivity contribution in [1.82, 2.24) is 0 Å². The molecule has 834 valence electrons. The molecule has 20 rings (SSSR count). The number of carboxylic acid groups (broad SMARTS) is 1. The van der Waals surface area contributed by atoms with Crippen molar-refractivity contribution < 1.29 is 75.3 Å². The Morgan fingerprint density at radius 3 is 0.844 bits per heavy atom. The molecule has 11 N–H and O–H groups in total. The van der Waals surface area contributed by atoms with Gasteiger partial charge in [0, 0.05) is 30.8 Å². The molecule has 35 unspecified atom stereocenters. The average molecular weight is 2040 g/mol. The van der Waals surface area contributed by atoms with Gasteiger partial charge in [0.15, 0.2) is 17.3 Å². The van der Waals surface area contributed by atoms with Gasteiger partial charge in [0.1, 0.15) is 0 Å². The lowest BCUT2D eigenvalue weighted by molar-refractivity contribution is -0.138. The van der Waals surface area contributed by atoms with Crippen LogP contribution in [0.2, 0.25) is 0 Å². The van der Waals surface area contributed by atoms with E-state index in [4.69, 9.17) is 5.11 Å². The molecule has 0 spiro atoms. The van der Waals surface area contributed by atoms with Gasteiger partial charge < -0.3 is 56.2 Å². The topological polar surface area (TPSA) is 291 Å². The minimum Gasteiger partial charge on any atom is -0.481 e. The summed E-state index contributed by atoms with van der Waals surface area (Å²) in [5, 5.41) is 112. The zero-order valence-corrected chi connectivity index (χ0v) is 96.9. The third-order valence-corrected chi connectivity index (χ3v) is 50.6. The fraction of sp³-hybridized carbons (Fsp3) is 0.894. The van der Waals surface area contributed by atoms with Crippen LogP contribution in [-0.2, 0) is 19.2 Å². The summed E-state index contributed by atoms with van der Waals surface area (Å²) in [7, 11) is 0. The second-order valence-corrected chi connectivity index (χ2v) is 60.4. The molecule has 43 atom stereocenters. The molecule has 0 bridgehead atoms. The summed E-state index contributed by atoms with van der Waals surface area (Å²) in [4.78, 5) is 51.1. The number of aliphatic carboxylic acids is 1. The first-order valence-electron chi connectivity index (χ1n) is 62.2. The summed E-state index contributed by atoms with van der Waals surface area (Å²) >= 11 is 0. The lowest BCUT2D eigenvalue weighted by Gasteiger charge is -2.59. The number of carbonyl (C=O) groups excluding carboxylic acids is 3. The Morgan fingerprint density at radius 1 is 0.313 bits per heavy atom. The summed E-state index contributed by atoms with van der Waals surface area (Å²) in [5.41, 5.74) is 7.48. The van der Waals surface area contributed by atoms with Crippen LogP contribution in [0.3, 0.4) is 0 Å². The van der Waals surface area contributed by atoms with E-state index >= 15 is 0 Å². The maximum atomic E-state index is 13.4. The zero-order chi connectivity index (χ0) is 107. The van der Waals surface area contributed by atoms with Gasteiger partial charge in [-0.2, -0.15) is 0 Å². The number of carboxylic acids is 1. The fourth-order valence-corrected chi connectivity index (χ4v) is 42.1. The first-order chi connectivity index (χ1) is 68.9. The summed E-state index contributed by atoms with van der Waals surface area (Å²) < 4.78 is 0. The SMILES string of the molecule is CC(C)CCCC(C)C1CCC2C3C(CCC12C)C1(C)CC[C@H](O)CC1=C[C@@H]3O.CC(CCC(=O)O)C1CCC2C3C(=O)C=C4C[C@@H](O)CCC4(C)C3CCC12C.CC(CCCC(C)(C)O)C1CCC2C3C(=O)C=C4C[C@@H](O)CCC4(C)C3CCC12C.CC(CCCC(C)(C)O)C1CCC2C3C(CCC12C)C1(C)CC[C@H](O)CC1=C[C@@H]3O.CC(CCC[C@@H](C)CO)C1CCC2C3C(=O)C=C4C[C@@H](O)CCC4(C)C3CCC12C. The van der Waals surface area contributed by atoms with Crippen molar-refractivity contribution in [3.63, 3.8) is 0 Å². The van der Waals surface area contributed by atoms with E-state index in [1.807, 2.05) is 45.9 Å². The number of aliphatic hydroxyl groups is 10. The van der Waals surface area contributed by atoms with Crippen LogP contribution in [0.15, 0.2) is 58.2 Å². The van der Waals surface area contributed by atoms with Crippen molar-refractivity contribution in [3.05, 3.63) is 58.2 Å². The third kappa shape index (κ3) is 22.5. The molecule has 15 saturated carbocycles. The molecule has 147 heavy (non-hydrogen) atoms. The number of aliphatic hydroxyl groups excluding tert-OH is 8. The number of fused-ring (bicyclic) bond motifs is 25. The quantitative estimate of drug-likeness (QED) is 0.0379. The Bertz CT molecular complexity index is 4710. The molecule has 15 nitrogen and oxygen atoms in total. The van der Waals surface area contributed by atoms with E-state index in [0.717, 1.165) is 171 Å². The molecule has 0 aromatic rings. The number of allylic oxidation sites excluding steroid dienone is 3. The fourth-order valence-electron chi connectivity index (χ4n) is 42.1. The summed E-state index contributed by atoms with van der Waals surface area (Å²) in [6.07, 6.45) is 61.3. The highest BCUT2D eigenvalue weighted by Gasteiger charge is 2.69. The molecule has 15 heteroatoms. The zero-order valence-electron chi connectivity index (χ0n) is 96.9. The number of carbonyl (C=O) groups is 4. The van der Waals surface area contributed by atoms with Gasteiger partial charge in [0.05, 0.1) is 53.9 Å². The number of ketones is 3. The highest BCUT2D eigenvalue weighted by atomic mass is 16.4. The summed E-state index contributed by atoms with van der Waals surface area (Å²) in [5.74, 6) is 15.0. The Kier molecular flexibility index (Phi) is 35.5. The first kappa shape index (κ1) is 116. The van der Waals surface area contributed by atoms with Gasteiger partial charge in [-0.1, -0.05) is 222 Å². The molecule has 20 aliphatic carbocycles. The predicted octanol–water partition coefficient (Wildman–Crippen LogP) is 27.7. The normalized spacial score (nSPS) is 46.2. The lowest BCUT2D eigenvalue weighted by atomic mass is 9.46. The minimum atomic E-state index is -0.706. The molecule has 20 aliphatic rings. The van der Waals surface area contributed by atoms with E-state index < -0.39 is 17.2 Å². The van der Waals surface area contributed by atoms with Crippen molar-refractivity contribution in [2.45, 2.75) is 521 Å². The van der Waals surface area contributed by atoms with E-state index in [-0.39, 0.29) is 105 Å². The van der Waals surface area contributed by atoms with Gasteiger partial charge in [-0.25, -0.2) is 0 Å². The van der Waals surface area contributed by atoms with E-state index in [0.29, 0.717) is 172 Å². The molecule has 0 heterocycles. The molecule has 0 aromatic heterocycles. The molecule has 15 fully saturated rings. The van der Waals surface area contributed by atoms with Gasteiger partial charge in [-0.3, -0.25) is 19.2 Å². The highest BCUT2D eigenvalue weighted by molar-refractivity contribution is 5.96. The van der Waals surface area contributed by atoms with E-state index in [1.165, 1.54) is 176 Å². The van der Waals surface area contributed by atoms with E-state index in [9.17, 15) is 70.2 Å². The Balaban J connectivity index is 0.000000131. The van der Waals surface area contributed by atoms with Gasteiger partial charge >= 0.3 is 5.97 Å². The van der Waals surface area contributed by atoms with Crippen molar-refractivity contribution in [2.24, 2.45) is 214 Å². The van der Waals surface area contributed by atoms with Crippen LogP contribution in [0.25, 0.3) is 0 Å². The van der Waals surface area contributed by atoms with Crippen LogP contribution in [0, 0.1) is 214 Å². The molecule has 0 aliphatic heterocycles. The van der Waals surface area contributed by atoms with Crippen LogP contribution in [0.1, 0.15) is 467 Å². The molecule has 0 aromatic carbocycles. The Labute approximate surface area is 892 Å². The van der Waals surface area contributed by atoms with Gasteiger partial charge in [0.2, 0.25) is 0 Å². The predicted molar refractivity (Wildman–Crippen MR) is 592 cm³/mol. The van der Waals surface area contributed by atoms with Crippen LogP contribution in [0.4, 0.5) is 0 Å². The second-order valence-electron chi connectivity index (χ2n) is 60.4. The van der Waals surface area contributed by atoms with Crippen molar-refractivity contribution in [2.75, 3.05) is 6.61 Å². The Morgan fingerprint density at radius 2 is 0.565 bits per heavy atom. The molecular weight excluding hydrogens is 1830 g/mol. The second kappa shape index (κ2) is 44.9. The minimum absolute atomic E-state index is 0.0755. The Hall–Kier alpha value is -3.22. The molecular formula is C132H216O15. The standard InChI is InChI=1S/C27H46O3.2C27H44O3.C27H46O2.C24H36O4/c2*1-17(7-6-12-25(2,3)30)20-8-9-21-24-22(11-14-27(20,21)5)26(4)13-10-19(28)15-18(26)16-23(24)29;1-17(16-28)6-5-7-18(2)21-8-9-22-25-23(11-13-27(21,22)4)26(3)12-10-20(29)14-19(26)15-24(25)30;1-17(2)7-6-8-18(3)21-9-10-22-25-23(12-14-27(21,22)5)26(4)13-11-20(28)15-19(26)16-24(25)29;1-14(4-7-21(27)28)17-5-6-18-22-19(9-11-24(17,18)3)23(2)10-8-16(25)12-15(23)13-20(22)26/h16-17,19-24,28-30H,6-15H2,1-5H3;16-17,19-22,24,28,30H,6-15H2,1-5H3;15,17-18,20-23,25,28-29H,5-14,16H2,1-4H3;16-18,20-25,28-29H,6-15H2,1-5H3;13-14,16-19,22,25H,4-12H2,1-3H3,(H,27,28)/t17?,19-,20?,21?,22?,23-,24?,26?,27?;17?,19-,20?,21?,22?,24?,26?,27?;17-,18?,20+,21?,22?,23?,25?,26?,27?;18?,20-,21?,22?,23?,24-,25?,26?,27?;14?,16-,17?,18?,19?,22?,23?,24?/m00100/s1. The van der Waals surface area contributed by atoms with Crippen LogP contribution >= 0.6 is 0 Å². The van der Waals surface area contributed by atoms with Crippen LogP contribution < -0.4 is 0 Å². The maximum absolute atomic E-state index is 13.4. The van der Waals surface area contributed by atoms with Crippen molar-refractivity contribution in [1.29, 1.82) is 0 Å². The largest absolute Gasteiger partial charge is 0.481 e. The maximum Gasteiger partial charge on any atom is 0.303 e. The van der Waals surface area contributed by atoms with E-state index in [2.05, 4.69) is 137 Å². The monoisotopic (exact) mass is 2040 g/mol. The van der Waals surface area contributed by atoms with Gasteiger partial charge in [0.25, 0.3) is 0 Å². The highest BCUT2D eigenvalue weighted by Crippen LogP contribution is 2.75. The van der Waals surface area contributed by atoms with E-state index in [1.54, 1.807) is 0 Å². The van der Waals surface area contributed by atoms with Crippen LogP contribution in [0.5, 0.6) is 0 Å². The molecule has 0 radical (unpaired) electrons. The third-order valence-electron chi connectivity index (χ3n) is 50.6. The lowest BCUT2D eigenvalue weighted by Crippen LogP contribution is -2.54. The summed E-state index contributed by atoms with van der Waals surface area (Å²) in [6, 6.07) is 0. The van der Waals surface area contributed by atoms with Crippen molar-refractivity contribution >= 4 is 23.3 Å². The molecule has 0 amide bonds. The smallest absolute Gasteiger partial charge is 0.303 e. The van der Waals surface area contributed by atoms with Crippen molar-refractivity contribution in [3.8, 4) is 0 Å². The van der Waals surface area contributed by atoms with Gasteiger partial charge in [-0.15, -0.1) is 0 Å². The summed E-state index contributed by atoms with van der Waals surface area (Å²) in [6.45, 7) is 51.4. The van der Waals surface area contributed by atoms with Gasteiger partial charge in [-0.05, 0) is 493 Å².